The summed E-state index contributed by atoms with van der Waals surface area (Å²) in [5, 5.41) is 13.3. The number of sulfone groups is 1. The van der Waals surface area contributed by atoms with E-state index in [2.05, 4.69) is 15.3 Å². The zero-order chi connectivity index (χ0) is 24.6. The summed E-state index contributed by atoms with van der Waals surface area (Å²) in [6.45, 7) is 0.124. The van der Waals surface area contributed by atoms with Gasteiger partial charge in [-0.3, -0.25) is 9.36 Å². The maximum Gasteiger partial charge on any atom is 0.262 e. The van der Waals surface area contributed by atoms with Gasteiger partial charge in [-0.2, -0.15) is 15.2 Å². The van der Waals surface area contributed by atoms with Gasteiger partial charge in [-0.15, -0.1) is 0 Å². The lowest BCUT2D eigenvalue weighted by Crippen LogP contribution is -2.31. The van der Waals surface area contributed by atoms with Gasteiger partial charge in [0.2, 0.25) is 5.95 Å². The molecule has 1 aromatic carbocycles. The maximum atomic E-state index is 13.5. The number of aromatic nitrogens is 4. The molecule has 0 aliphatic heterocycles. The van der Waals surface area contributed by atoms with E-state index in [1.807, 2.05) is 6.07 Å². The average molecular weight is 503 g/mol. The molecule has 4 rings (SSSR count). The molecule has 2 heterocycles. The first kappa shape index (κ1) is 23.7. The summed E-state index contributed by atoms with van der Waals surface area (Å²) >= 11 is 6.31. The highest BCUT2D eigenvalue weighted by Gasteiger charge is 2.37. The Morgan fingerprint density at radius 1 is 1.29 bits per heavy atom. The van der Waals surface area contributed by atoms with Crippen LogP contribution in [0.15, 0.2) is 23.0 Å². The van der Waals surface area contributed by atoms with Gasteiger partial charge in [0.05, 0.1) is 27.7 Å². The van der Waals surface area contributed by atoms with E-state index in [-0.39, 0.29) is 63.8 Å². The summed E-state index contributed by atoms with van der Waals surface area (Å²) in [4.78, 5) is 26.2. The van der Waals surface area contributed by atoms with E-state index in [1.54, 1.807) is 18.2 Å². The van der Waals surface area contributed by atoms with Crippen LogP contribution >= 0.6 is 11.6 Å². The Kier molecular flexibility index (Phi) is 6.33. The van der Waals surface area contributed by atoms with Gasteiger partial charge in [0.15, 0.2) is 5.82 Å². The van der Waals surface area contributed by atoms with Crippen molar-refractivity contribution < 1.29 is 8.42 Å². The minimum absolute atomic E-state index is 0.0367. The van der Waals surface area contributed by atoms with E-state index < -0.39 is 15.9 Å². The zero-order valence-electron chi connectivity index (χ0n) is 18.3. The Bertz CT molecular complexity index is 1480. The van der Waals surface area contributed by atoms with Crippen LogP contribution in [0.3, 0.4) is 0 Å². The standard InChI is InChI=1S/C21H23ClN8O3S/c1-34(32,33)9-3-8-30-19(26-14-5-2-4-13(22)15(14)20(30)31)16(11-6-7-11)27-18-12(10-23)17(24)28-21(25)29-18/h2,4-5,11,16H,3,6-9H2,1H3,(H5,24,25,27,28,29). The fraction of sp³-hybridized carbons (Fsp3) is 0.381. The summed E-state index contributed by atoms with van der Waals surface area (Å²) in [5.41, 5.74) is 11.7. The molecule has 1 aliphatic carbocycles. The van der Waals surface area contributed by atoms with Gasteiger partial charge in [-0.05, 0) is 37.3 Å². The number of hydrogen-bond donors (Lipinski definition) is 3. The Balaban J connectivity index is 1.86. The zero-order valence-corrected chi connectivity index (χ0v) is 19.9. The lowest BCUT2D eigenvalue weighted by molar-refractivity contribution is 0.534. The minimum Gasteiger partial charge on any atom is -0.382 e. The van der Waals surface area contributed by atoms with Crippen molar-refractivity contribution in [3.8, 4) is 6.07 Å². The molecule has 0 saturated heterocycles. The van der Waals surface area contributed by atoms with Gasteiger partial charge in [-0.25, -0.2) is 13.4 Å². The van der Waals surface area contributed by atoms with Gasteiger partial charge >= 0.3 is 0 Å². The van der Waals surface area contributed by atoms with Crippen LogP contribution in [0.4, 0.5) is 17.6 Å². The van der Waals surface area contributed by atoms with Gasteiger partial charge < -0.3 is 16.8 Å². The third-order valence-electron chi connectivity index (χ3n) is 5.59. The first-order valence-corrected chi connectivity index (χ1v) is 13.0. The highest BCUT2D eigenvalue weighted by Crippen LogP contribution is 2.43. The van der Waals surface area contributed by atoms with Crippen molar-refractivity contribution in [2.45, 2.75) is 31.8 Å². The molecule has 13 heteroatoms. The number of anilines is 3. The maximum absolute atomic E-state index is 13.5. The third kappa shape index (κ3) is 4.90. The topological polar surface area (TPSA) is 183 Å². The third-order valence-corrected chi connectivity index (χ3v) is 6.93. The molecular formula is C21H23ClN8O3S. The highest BCUT2D eigenvalue weighted by molar-refractivity contribution is 7.90. The fourth-order valence-electron chi connectivity index (χ4n) is 3.86. The molecule has 178 valence electrons. The summed E-state index contributed by atoms with van der Waals surface area (Å²) in [6.07, 6.45) is 3.09. The number of fused-ring (bicyclic) bond motifs is 1. The van der Waals surface area contributed by atoms with Crippen LogP contribution in [0.2, 0.25) is 5.02 Å². The van der Waals surface area contributed by atoms with Crippen LogP contribution < -0.4 is 22.3 Å². The molecular weight excluding hydrogens is 480 g/mol. The lowest BCUT2D eigenvalue weighted by atomic mass is 10.1. The van der Waals surface area contributed by atoms with E-state index in [0.717, 1.165) is 19.1 Å². The molecule has 2 aromatic heterocycles. The minimum atomic E-state index is -3.22. The molecule has 5 N–H and O–H groups in total. The molecule has 0 bridgehead atoms. The predicted octanol–water partition coefficient (Wildman–Crippen LogP) is 1.87. The fourth-order valence-corrected chi connectivity index (χ4v) is 4.76. The van der Waals surface area contributed by atoms with Crippen molar-refractivity contribution in [3.63, 3.8) is 0 Å². The molecule has 1 aliphatic rings. The molecule has 0 amide bonds. The lowest BCUT2D eigenvalue weighted by Gasteiger charge is -2.23. The Morgan fingerprint density at radius 3 is 2.68 bits per heavy atom. The van der Waals surface area contributed by atoms with Crippen molar-refractivity contribution in [3.05, 3.63) is 45.0 Å². The average Bonchev–Trinajstić information content (AvgIpc) is 3.57. The largest absolute Gasteiger partial charge is 0.382 e. The number of halogens is 1. The van der Waals surface area contributed by atoms with E-state index >= 15 is 0 Å². The van der Waals surface area contributed by atoms with Crippen LogP contribution in [0, 0.1) is 17.2 Å². The molecule has 1 fully saturated rings. The second-order valence-corrected chi connectivity index (χ2v) is 11.0. The molecule has 0 radical (unpaired) electrons. The number of benzene rings is 1. The van der Waals surface area contributed by atoms with E-state index in [0.29, 0.717) is 11.3 Å². The normalized spacial score (nSPS) is 14.6. The van der Waals surface area contributed by atoms with Crippen molar-refractivity contribution in [1.82, 2.24) is 19.5 Å². The second-order valence-electron chi connectivity index (χ2n) is 8.31. The Hall–Kier alpha value is -3.43. The Morgan fingerprint density at radius 2 is 2.03 bits per heavy atom. The summed E-state index contributed by atoms with van der Waals surface area (Å²) in [6, 6.07) is 6.48. The molecule has 11 nitrogen and oxygen atoms in total. The summed E-state index contributed by atoms with van der Waals surface area (Å²) in [7, 11) is -3.22. The van der Waals surface area contributed by atoms with Crippen molar-refractivity contribution in [2.24, 2.45) is 5.92 Å². The highest BCUT2D eigenvalue weighted by atomic mass is 35.5. The molecule has 34 heavy (non-hydrogen) atoms. The van der Waals surface area contributed by atoms with E-state index in [4.69, 9.17) is 28.1 Å². The second kappa shape index (κ2) is 9.08. The molecule has 1 atom stereocenters. The van der Waals surface area contributed by atoms with Crippen LogP contribution in [0.1, 0.15) is 36.7 Å². The van der Waals surface area contributed by atoms with Gasteiger partial charge in [0.25, 0.3) is 5.56 Å². The number of nitrogens with two attached hydrogens (primary N) is 2. The van der Waals surface area contributed by atoms with Crippen LogP contribution in [-0.2, 0) is 16.4 Å². The summed E-state index contributed by atoms with van der Waals surface area (Å²) < 4.78 is 24.8. The predicted molar refractivity (Wildman–Crippen MR) is 130 cm³/mol. The van der Waals surface area contributed by atoms with Crippen molar-refractivity contribution in [1.29, 1.82) is 5.26 Å². The number of rotatable bonds is 8. The number of nitrogens with one attached hydrogen (secondary N) is 1. The van der Waals surface area contributed by atoms with Crippen molar-refractivity contribution in [2.75, 3.05) is 28.8 Å². The van der Waals surface area contributed by atoms with Crippen LogP contribution in [0.5, 0.6) is 0 Å². The molecule has 3 aromatic rings. The van der Waals surface area contributed by atoms with Gasteiger partial charge in [0.1, 0.15) is 33.1 Å². The first-order valence-electron chi connectivity index (χ1n) is 10.6. The first-order chi connectivity index (χ1) is 16.1. The number of nitrogen functional groups attached to an aromatic ring is 2. The molecule has 1 unspecified atom stereocenters. The Labute approximate surface area is 200 Å². The van der Waals surface area contributed by atoms with Crippen LogP contribution in [-0.4, -0.2) is 39.9 Å². The molecule has 1 saturated carbocycles. The number of hydrogen-bond acceptors (Lipinski definition) is 10. The van der Waals surface area contributed by atoms with E-state index in [9.17, 15) is 18.5 Å². The van der Waals surface area contributed by atoms with Crippen LogP contribution in [0.25, 0.3) is 10.9 Å². The SMILES string of the molecule is CS(=O)(=O)CCCn1c(C(Nc2nc(N)nc(N)c2C#N)C2CC2)nc2cccc(Cl)c2c1=O. The monoisotopic (exact) mass is 502 g/mol. The smallest absolute Gasteiger partial charge is 0.262 e. The van der Waals surface area contributed by atoms with Gasteiger partial charge in [0, 0.05) is 12.8 Å². The quantitative estimate of drug-likeness (QED) is 0.410. The molecule has 0 spiro atoms. The van der Waals surface area contributed by atoms with E-state index in [1.165, 1.54) is 4.57 Å². The number of nitriles is 1. The van der Waals surface area contributed by atoms with Gasteiger partial charge in [-0.1, -0.05) is 17.7 Å². The van der Waals surface area contributed by atoms with Crippen molar-refractivity contribution >= 4 is 49.9 Å². The number of nitrogens with zero attached hydrogens (tertiary/aromatic N) is 5. The summed E-state index contributed by atoms with van der Waals surface area (Å²) in [5.74, 6) is 0.406.